The first kappa shape index (κ1) is 19.2. The van der Waals surface area contributed by atoms with Gasteiger partial charge in [0.2, 0.25) is 11.8 Å². The van der Waals surface area contributed by atoms with Crippen LogP contribution in [-0.2, 0) is 9.59 Å². The van der Waals surface area contributed by atoms with Crippen molar-refractivity contribution in [3.8, 4) is 0 Å². The standard InChI is InChI=1S/C16H29N3O2.ClH/c1-2-17-12-13-7-10-19(11-8-13)15(20)4-3-9-18-16(21)14-5-6-14;/h13-14,17H,2-12H2,1H3,(H,18,21);1H. The van der Waals surface area contributed by atoms with E-state index in [0.29, 0.717) is 18.9 Å². The number of piperidine rings is 1. The third-order valence-electron chi connectivity index (χ3n) is 4.47. The molecule has 0 spiro atoms. The maximum absolute atomic E-state index is 12.1. The highest BCUT2D eigenvalue weighted by Crippen LogP contribution is 2.28. The number of likely N-dealkylation sites (tertiary alicyclic amines) is 1. The first-order chi connectivity index (χ1) is 10.2. The fourth-order valence-electron chi connectivity index (χ4n) is 2.83. The van der Waals surface area contributed by atoms with Crippen molar-refractivity contribution >= 4 is 24.2 Å². The summed E-state index contributed by atoms with van der Waals surface area (Å²) >= 11 is 0. The Morgan fingerprint density at radius 1 is 1.14 bits per heavy atom. The molecule has 0 unspecified atom stereocenters. The number of nitrogens with zero attached hydrogens (tertiary/aromatic N) is 1. The van der Waals surface area contributed by atoms with E-state index in [1.165, 1.54) is 0 Å². The molecule has 2 N–H and O–H groups in total. The van der Waals surface area contributed by atoms with E-state index in [4.69, 9.17) is 0 Å². The lowest BCUT2D eigenvalue weighted by atomic mass is 9.96. The van der Waals surface area contributed by atoms with Crippen molar-refractivity contribution in [2.75, 3.05) is 32.7 Å². The Morgan fingerprint density at radius 3 is 2.41 bits per heavy atom. The zero-order valence-corrected chi connectivity index (χ0v) is 14.4. The summed E-state index contributed by atoms with van der Waals surface area (Å²) in [4.78, 5) is 25.6. The minimum atomic E-state index is 0. The molecule has 2 rings (SSSR count). The number of rotatable bonds is 8. The summed E-state index contributed by atoms with van der Waals surface area (Å²) < 4.78 is 0. The van der Waals surface area contributed by atoms with Crippen molar-refractivity contribution in [1.82, 2.24) is 15.5 Å². The summed E-state index contributed by atoms with van der Waals surface area (Å²) in [5.41, 5.74) is 0. The summed E-state index contributed by atoms with van der Waals surface area (Å²) in [5, 5.41) is 6.30. The maximum atomic E-state index is 12.1. The molecular formula is C16H30ClN3O2. The third kappa shape index (κ3) is 6.53. The van der Waals surface area contributed by atoms with Crippen molar-refractivity contribution in [2.45, 2.75) is 45.4 Å². The minimum Gasteiger partial charge on any atom is -0.356 e. The van der Waals surface area contributed by atoms with Crippen LogP contribution in [0.15, 0.2) is 0 Å². The van der Waals surface area contributed by atoms with Gasteiger partial charge in [-0.05, 0) is 51.1 Å². The van der Waals surface area contributed by atoms with Gasteiger partial charge in [-0.2, -0.15) is 0 Å². The number of halogens is 1. The van der Waals surface area contributed by atoms with E-state index in [1.54, 1.807) is 0 Å². The second-order valence-corrected chi connectivity index (χ2v) is 6.30. The van der Waals surface area contributed by atoms with Gasteiger partial charge in [-0.25, -0.2) is 0 Å². The molecule has 1 heterocycles. The summed E-state index contributed by atoms with van der Waals surface area (Å²) in [7, 11) is 0. The Labute approximate surface area is 140 Å². The van der Waals surface area contributed by atoms with Crippen molar-refractivity contribution < 1.29 is 9.59 Å². The zero-order valence-electron chi connectivity index (χ0n) is 13.6. The monoisotopic (exact) mass is 331 g/mol. The second kappa shape index (κ2) is 10.1. The van der Waals surface area contributed by atoms with Crippen LogP contribution in [0.25, 0.3) is 0 Å². The lowest BCUT2D eigenvalue weighted by Gasteiger charge is -2.32. The van der Waals surface area contributed by atoms with E-state index in [2.05, 4.69) is 17.6 Å². The average Bonchev–Trinajstić information content (AvgIpc) is 3.34. The van der Waals surface area contributed by atoms with E-state index in [-0.39, 0.29) is 30.1 Å². The molecule has 0 aromatic heterocycles. The topological polar surface area (TPSA) is 61.4 Å². The van der Waals surface area contributed by atoms with Crippen LogP contribution < -0.4 is 10.6 Å². The van der Waals surface area contributed by atoms with Crippen LogP contribution in [0.1, 0.15) is 45.4 Å². The summed E-state index contributed by atoms with van der Waals surface area (Å²) in [6, 6.07) is 0. The van der Waals surface area contributed by atoms with Crippen LogP contribution in [-0.4, -0.2) is 49.4 Å². The van der Waals surface area contributed by atoms with Gasteiger partial charge in [-0.1, -0.05) is 6.92 Å². The molecule has 2 aliphatic rings. The molecule has 1 aliphatic carbocycles. The van der Waals surface area contributed by atoms with Gasteiger partial charge in [0.25, 0.3) is 0 Å². The van der Waals surface area contributed by atoms with Gasteiger partial charge in [0.1, 0.15) is 0 Å². The lowest BCUT2D eigenvalue weighted by Crippen LogP contribution is -2.41. The largest absolute Gasteiger partial charge is 0.356 e. The molecule has 1 saturated carbocycles. The Balaban J connectivity index is 0.00000242. The normalized spacial score (nSPS) is 18.7. The molecule has 6 heteroatoms. The molecule has 1 aliphatic heterocycles. The predicted octanol–water partition coefficient (Wildman–Crippen LogP) is 1.56. The van der Waals surface area contributed by atoms with Crippen LogP contribution in [0, 0.1) is 11.8 Å². The molecule has 128 valence electrons. The smallest absolute Gasteiger partial charge is 0.223 e. The number of carbonyl (C=O) groups excluding carboxylic acids is 2. The minimum absolute atomic E-state index is 0. The zero-order chi connectivity index (χ0) is 15.1. The molecule has 0 radical (unpaired) electrons. The van der Waals surface area contributed by atoms with Crippen LogP contribution in [0.2, 0.25) is 0 Å². The number of nitrogens with one attached hydrogen (secondary N) is 2. The van der Waals surface area contributed by atoms with E-state index < -0.39 is 0 Å². The van der Waals surface area contributed by atoms with E-state index in [1.807, 2.05) is 4.90 Å². The summed E-state index contributed by atoms with van der Waals surface area (Å²) in [5.74, 6) is 1.40. The van der Waals surface area contributed by atoms with Crippen molar-refractivity contribution in [2.24, 2.45) is 11.8 Å². The van der Waals surface area contributed by atoms with Crippen LogP contribution in [0.4, 0.5) is 0 Å². The molecule has 0 aromatic carbocycles. The quantitative estimate of drug-likeness (QED) is 0.664. The highest BCUT2D eigenvalue weighted by molar-refractivity contribution is 5.85. The number of hydrogen-bond acceptors (Lipinski definition) is 3. The average molecular weight is 332 g/mol. The molecule has 1 saturated heterocycles. The van der Waals surface area contributed by atoms with Crippen molar-refractivity contribution in [1.29, 1.82) is 0 Å². The molecule has 22 heavy (non-hydrogen) atoms. The third-order valence-corrected chi connectivity index (χ3v) is 4.47. The predicted molar refractivity (Wildman–Crippen MR) is 90.1 cm³/mol. The van der Waals surface area contributed by atoms with Crippen LogP contribution >= 0.6 is 12.4 Å². The van der Waals surface area contributed by atoms with Crippen molar-refractivity contribution in [3.63, 3.8) is 0 Å². The molecule has 5 nitrogen and oxygen atoms in total. The van der Waals surface area contributed by atoms with Gasteiger partial charge in [-0.3, -0.25) is 9.59 Å². The van der Waals surface area contributed by atoms with Crippen LogP contribution in [0.5, 0.6) is 0 Å². The summed E-state index contributed by atoms with van der Waals surface area (Å²) in [6.45, 7) is 6.64. The fourth-order valence-corrected chi connectivity index (χ4v) is 2.83. The van der Waals surface area contributed by atoms with Crippen molar-refractivity contribution in [3.05, 3.63) is 0 Å². The molecular weight excluding hydrogens is 302 g/mol. The van der Waals surface area contributed by atoms with Gasteiger partial charge >= 0.3 is 0 Å². The Hall–Kier alpha value is -0.810. The van der Waals surface area contributed by atoms with Gasteiger partial charge in [0.05, 0.1) is 0 Å². The molecule has 0 bridgehead atoms. The highest BCUT2D eigenvalue weighted by atomic mass is 35.5. The lowest BCUT2D eigenvalue weighted by molar-refractivity contribution is -0.133. The Morgan fingerprint density at radius 2 is 1.82 bits per heavy atom. The SMILES string of the molecule is CCNCC1CCN(C(=O)CCCNC(=O)C2CC2)CC1.Cl. The Bertz CT molecular complexity index is 353. The molecule has 2 amide bonds. The number of amides is 2. The van der Waals surface area contributed by atoms with E-state index in [9.17, 15) is 9.59 Å². The molecule has 0 aromatic rings. The van der Waals surface area contributed by atoms with E-state index in [0.717, 1.165) is 58.3 Å². The van der Waals surface area contributed by atoms with Gasteiger partial charge in [0.15, 0.2) is 0 Å². The molecule has 2 fully saturated rings. The van der Waals surface area contributed by atoms with Crippen LogP contribution in [0.3, 0.4) is 0 Å². The number of carbonyl (C=O) groups is 2. The van der Waals surface area contributed by atoms with E-state index >= 15 is 0 Å². The maximum Gasteiger partial charge on any atom is 0.223 e. The number of hydrogen-bond donors (Lipinski definition) is 2. The second-order valence-electron chi connectivity index (χ2n) is 6.30. The molecule has 0 atom stereocenters. The Kier molecular flexibility index (Phi) is 8.79. The fraction of sp³-hybridized carbons (Fsp3) is 0.875. The van der Waals surface area contributed by atoms with Gasteiger partial charge < -0.3 is 15.5 Å². The first-order valence-electron chi connectivity index (χ1n) is 8.47. The highest BCUT2D eigenvalue weighted by Gasteiger charge is 2.29. The van der Waals surface area contributed by atoms with Gasteiger partial charge in [-0.15, -0.1) is 12.4 Å². The first-order valence-corrected chi connectivity index (χ1v) is 8.47. The van der Waals surface area contributed by atoms with Gasteiger partial charge in [0, 0.05) is 32.0 Å². The summed E-state index contributed by atoms with van der Waals surface area (Å²) in [6.07, 6.45) is 5.60.